The molecular formula is C20H28N3OY+. The first kappa shape index (κ1) is 20.6. The molecule has 0 spiro atoms. The number of carbonyl (C=O) groups excluding carboxylic acids is 1. The van der Waals surface area contributed by atoms with Crippen LogP contribution in [-0.4, -0.2) is 42.6 Å². The summed E-state index contributed by atoms with van der Waals surface area (Å²) in [6.45, 7) is 17.7. The molecule has 5 heteroatoms. The van der Waals surface area contributed by atoms with Crippen LogP contribution < -0.4 is 4.90 Å². The van der Waals surface area contributed by atoms with E-state index in [1.165, 1.54) is 12.8 Å². The molecule has 1 unspecified atom stereocenters. The van der Waals surface area contributed by atoms with Crippen molar-refractivity contribution in [3.63, 3.8) is 0 Å². The largest absolute Gasteiger partial charge is 0.314 e. The number of nitrogens with zero attached hydrogens (tertiary/aromatic N) is 3. The SMILES string of the molecule is [C-]#[N+]c1cc(C)c(N2CCCC([N+]3(CC)CCCC3)C2=O)c(C)c1.[Y]. The Balaban J connectivity index is 0.00000225. The molecule has 0 N–H and O–H groups in total. The number of likely N-dealkylation sites (N-methyl/N-ethyl adjacent to an activating group) is 1. The minimum Gasteiger partial charge on any atom is -0.314 e. The van der Waals surface area contributed by atoms with Crippen LogP contribution in [0.1, 0.15) is 43.7 Å². The molecule has 1 aromatic carbocycles. The van der Waals surface area contributed by atoms with E-state index in [1.54, 1.807) is 0 Å². The number of carbonyl (C=O) groups is 1. The van der Waals surface area contributed by atoms with Crippen LogP contribution in [0.4, 0.5) is 11.4 Å². The summed E-state index contributed by atoms with van der Waals surface area (Å²) in [5.74, 6) is 0.298. The molecule has 1 aromatic rings. The van der Waals surface area contributed by atoms with Gasteiger partial charge in [0.25, 0.3) is 5.91 Å². The van der Waals surface area contributed by atoms with E-state index in [0.717, 1.165) is 60.3 Å². The molecule has 3 rings (SSSR count). The summed E-state index contributed by atoms with van der Waals surface area (Å²) in [4.78, 5) is 18.9. The monoisotopic (exact) mass is 415 g/mol. The van der Waals surface area contributed by atoms with Crippen LogP contribution in [0.25, 0.3) is 4.85 Å². The number of anilines is 1. The van der Waals surface area contributed by atoms with Crippen LogP contribution in [0.2, 0.25) is 0 Å². The van der Waals surface area contributed by atoms with Gasteiger partial charge in [0.1, 0.15) is 0 Å². The zero-order valence-electron chi connectivity index (χ0n) is 15.7. The van der Waals surface area contributed by atoms with Crippen molar-refractivity contribution in [1.29, 1.82) is 0 Å². The number of piperidine rings is 1. The Hall–Kier alpha value is -0.756. The smallest absolute Gasteiger partial charge is 0.285 e. The molecule has 1 atom stereocenters. The van der Waals surface area contributed by atoms with Crippen molar-refractivity contribution in [2.45, 2.75) is 52.5 Å². The van der Waals surface area contributed by atoms with Crippen molar-refractivity contribution in [2.75, 3.05) is 31.1 Å². The van der Waals surface area contributed by atoms with Gasteiger partial charge >= 0.3 is 0 Å². The fourth-order valence-electron chi connectivity index (χ4n) is 4.82. The number of hydrogen-bond donors (Lipinski definition) is 0. The summed E-state index contributed by atoms with van der Waals surface area (Å²) >= 11 is 0. The molecule has 0 bridgehead atoms. The molecule has 2 heterocycles. The number of likely N-dealkylation sites (tertiary alicyclic amines) is 1. The van der Waals surface area contributed by atoms with Gasteiger partial charge in [0.05, 0.1) is 26.2 Å². The second-order valence-corrected chi connectivity index (χ2v) is 7.38. The van der Waals surface area contributed by atoms with E-state index < -0.39 is 0 Å². The van der Waals surface area contributed by atoms with Crippen LogP contribution in [0, 0.1) is 20.4 Å². The van der Waals surface area contributed by atoms with Crippen molar-refractivity contribution >= 4 is 17.3 Å². The first-order valence-corrected chi connectivity index (χ1v) is 9.18. The molecule has 2 fully saturated rings. The second kappa shape index (κ2) is 8.29. The van der Waals surface area contributed by atoms with Gasteiger partial charge in [-0.05, 0) is 38.3 Å². The molecule has 0 aromatic heterocycles. The fourth-order valence-corrected chi connectivity index (χ4v) is 4.82. The van der Waals surface area contributed by atoms with Gasteiger partial charge < -0.3 is 9.38 Å². The Kier molecular flexibility index (Phi) is 6.82. The average Bonchev–Trinajstić information content (AvgIpc) is 3.05. The van der Waals surface area contributed by atoms with E-state index in [0.29, 0.717) is 11.6 Å². The van der Waals surface area contributed by atoms with Crippen molar-refractivity contribution < 1.29 is 42.0 Å². The van der Waals surface area contributed by atoms with Crippen molar-refractivity contribution in [1.82, 2.24) is 0 Å². The van der Waals surface area contributed by atoms with E-state index in [-0.39, 0.29) is 38.8 Å². The fraction of sp³-hybridized carbons (Fsp3) is 0.600. The average molecular weight is 415 g/mol. The van der Waals surface area contributed by atoms with Gasteiger partial charge in [-0.2, -0.15) is 0 Å². The van der Waals surface area contributed by atoms with Crippen molar-refractivity contribution in [2.24, 2.45) is 0 Å². The second-order valence-electron chi connectivity index (χ2n) is 7.38. The van der Waals surface area contributed by atoms with Crippen molar-refractivity contribution in [3.05, 3.63) is 34.7 Å². The molecule has 1 amide bonds. The summed E-state index contributed by atoms with van der Waals surface area (Å²) in [6.07, 6.45) is 4.58. The Labute approximate surface area is 176 Å². The van der Waals surface area contributed by atoms with Crippen LogP contribution in [-0.2, 0) is 37.5 Å². The maximum absolute atomic E-state index is 13.4. The Morgan fingerprint density at radius 1 is 1.20 bits per heavy atom. The molecule has 131 valence electrons. The van der Waals surface area contributed by atoms with E-state index in [9.17, 15) is 4.79 Å². The minimum atomic E-state index is 0. The quantitative estimate of drug-likeness (QED) is 0.542. The van der Waals surface area contributed by atoms with E-state index in [1.807, 2.05) is 30.9 Å². The summed E-state index contributed by atoms with van der Waals surface area (Å²) in [7, 11) is 0. The third-order valence-electron chi connectivity index (χ3n) is 6.03. The van der Waals surface area contributed by atoms with Gasteiger partial charge in [-0.25, -0.2) is 4.85 Å². The standard InChI is InChI=1S/C20H28N3O.Y/c1-5-23(11-6-7-12-23)18-9-8-10-22(20(18)24)19-15(2)13-17(21-4)14-16(19)3;/h13-14,18H,5-12H2,1-3H3;/q+1;. The van der Waals surface area contributed by atoms with Gasteiger partial charge in [-0.15, -0.1) is 0 Å². The maximum atomic E-state index is 13.4. The summed E-state index contributed by atoms with van der Waals surface area (Å²) < 4.78 is 0.980. The molecule has 25 heavy (non-hydrogen) atoms. The van der Waals surface area contributed by atoms with E-state index in [4.69, 9.17) is 6.57 Å². The third kappa shape index (κ3) is 3.70. The summed E-state index contributed by atoms with van der Waals surface area (Å²) in [6, 6.07) is 3.93. The van der Waals surface area contributed by atoms with Gasteiger partial charge in [0, 0.05) is 64.2 Å². The number of quaternary nitrogens is 1. The van der Waals surface area contributed by atoms with Gasteiger partial charge in [0.15, 0.2) is 11.7 Å². The van der Waals surface area contributed by atoms with Gasteiger partial charge in [-0.1, -0.05) is 12.1 Å². The molecule has 0 aliphatic carbocycles. The Morgan fingerprint density at radius 3 is 2.32 bits per heavy atom. The van der Waals surface area contributed by atoms with Crippen molar-refractivity contribution in [3.8, 4) is 0 Å². The maximum Gasteiger partial charge on any atom is 0.285 e. The van der Waals surface area contributed by atoms with E-state index >= 15 is 0 Å². The predicted octanol–water partition coefficient (Wildman–Crippen LogP) is 3.98. The zero-order valence-corrected chi connectivity index (χ0v) is 18.6. The third-order valence-corrected chi connectivity index (χ3v) is 6.03. The zero-order chi connectivity index (χ0) is 17.3. The topological polar surface area (TPSA) is 24.7 Å². The minimum absolute atomic E-state index is 0. The number of rotatable bonds is 3. The number of hydrogen-bond acceptors (Lipinski definition) is 1. The molecule has 2 saturated heterocycles. The molecule has 0 saturated carbocycles. The van der Waals surface area contributed by atoms with Crippen LogP contribution >= 0.6 is 0 Å². The van der Waals surface area contributed by atoms with Crippen LogP contribution in [0.15, 0.2) is 12.1 Å². The van der Waals surface area contributed by atoms with Crippen LogP contribution in [0.5, 0.6) is 0 Å². The molecule has 2 aliphatic heterocycles. The first-order chi connectivity index (χ1) is 11.5. The number of benzene rings is 1. The predicted molar refractivity (Wildman–Crippen MR) is 97.3 cm³/mol. The Morgan fingerprint density at radius 2 is 1.80 bits per heavy atom. The molecular weight excluding hydrogens is 387 g/mol. The molecule has 2 aliphatic rings. The normalized spacial score (nSPS) is 22.4. The first-order valence-electron chi connectivity index (χ1n) is 9.18. The van der Waals surface area contributed by atoms with Gasteiger partial charge in [-0.3, -0.25) is 4.79 Å². The van der Waals surface area contributed by atoms with E-state index in [2.05, 4.69) is 11.8 Å². The number of aryl methyl sites for hydroxylation is 2. The molecule has 4 nitrogen and oxygen atoms in total. The summed E-state index contributed by atoms with van der Waals surface area (Å²) in [5.41, 5.74) is 3.77. The number of amides is 1. The summed E-state index contributed by atoms with van der Waals surface area (Å²) in [5, 5.41) is 0. The van der Waals surface area contributed by atoms with Gasteiger partial charge in [0.2, 0.25) is 0 Å². The Bertz CT molecular complexity index is 666. The van der Waals surface area contributed by atoms with Crippen LogP contribution in [0.3, 0.4) is 0 Å². The molecule has 1 radical (unpaired) electrons.